The molecule has 1 unspecified atom stereocenters. The lowest BCUT2D eigenvalue weighted by Gasteiger charge is -2.36. The zero-order valence-electron chi connectivity index (χ0n) is 33.8. The minimum absolute atomic E-state index is 0.137. The topological polar surface area (TPSA) is 143 Å². The number of carbonyl (C=O) groups is 2. The first-order valence-corrected chi connectivity index (χ1v) is 21.8. The van der Waals surface area contributed by atoms with Crippen LogP contribution in [0.1, 0.15) is 194 Å². The van der Waals surface area contributed by atoms with Gasteiger partial charge >= 0.3 is 11.9 Å². The van der Waals surface area contributed by atoms with Gasteiger partial charge in [-0.2, -0.15) is 0 Å². The molecule has 0 saturated carbocycles. The van der Waals surface area contributed by atoms with E-state index in [0.717, 1.165) is 38.5 Å². The van der Waals surface area contributed by atoms with Crippen molar-refractivity contribution in [3.8, 4) is 0 Å². The molecule has 1 aliphatic rings. The smallest absolute Gasteiger partial charge is 0.305 e. The first kappa shape index (κ1) is 49.2. The summed E-state index contributed by atoms with van der Waals surface area (Å²) in [7, 11) is 0. The van der Waals surface area contributed by atoms with Crippen LogP contribution >= 0.6 is 0 Å². The van der Waals surface area contributed by atoms with Crippen LogP contribution in [0.15, 0.2) is 24.3 Å². The van der Waals surface area contributed by atoms with Gasteiger partial charge in [0.15, 0.2) is 6.29 Å². The van der Waals surface area contributed by atoms with Gasteiger partial charge in [-0.1, -0.05) is 167 Å². The maximum Gasteiger partial charge on any atom is 0.305 e. The molecule has 1 aliphatic heterocycles. The summed E-state index contributed by atoms with van der Waals surface area (Å²) < 4.78 is 16.0. The highest BCUT2D eigenvalue weighted by Crippen LogP contribution is 2.29. The maximum absolute atomic E-state index is 12.1. The molecule has 9 heteroatoms. The highest BCUT2D eigenvalue weighted by Gasteiger charge is 2.35. The average Bonchev–Trinajstić information content (AvgIpc) is 3.13. The summed E-state index contributed by atoms with van der Waals surface area (Å²) in [5.41, 5.74) is 0. The van der Waals surface area contributed by atoms with E-state index in [9.17, 15) is 30.0 Å². The van der Waals surface area contributed by atoms with Crippen molar-refractivity contribution in [2.24, 2.45) is 5.92 Å². The van der Waals surface area contributed by atoms with E-state index in [2.05, 4.69) is 13.8 Å². The number of aliphatic hydroxyl groups excluding tert-OH is 4. The number of esters is 2. The molecule has 0 bridgehead atoms. The average molecular weight is 753 g/mol. The summed E-state index contributed by atoms with van der Waals surface area (Å²) >= 11 is 0. The van der Waals surface area contributed by atoms with Gasteiger partial charge in [-0.25, -0.2) is 0 Å². The highest BCUT2D eigenvalue weighted by molar-refractivity contribution is 5.69. The van der Waals surface area contributed by atoms with Crippen LogP contribution in [0.5, 0.6) is 0 Å². The number of unbranched alkanes of at least 4 members (excludes halogenated alkanes) is 20. The summed E-state index contributed by atoms with van der Waals surface area (Å²) in [4.78, 5) is 24.2. The van der Waals surface area contributed by atoms with Crippen molar-refractivity contribution >= 4 is 11.9 Å². The van der Waals surface area contributed by atoms with Gasteiger partial charge in [0.2, 0.25) is 0 Å². The Hall–Kier alpha value is -1.78. The molecule has 6 atom stereocenters. The number of aliphatic hydroxyl groups is 4. The van der Waals surface area contributed by atoms with Crippen LogP contribution in [-0.2, 0) is 23.8 Å². The molecule has 0 aromatic rings. The number of hydrogen-bond donors (Lipinski definition) is 4. The molecule has 0 aromatic heterocycles. The van der Waals surface area contributed by atoms with Crippen molar-refractivity contribution in [3.63, 3.8) is 0 Å². The predicted octanol–water partition coefficient (Wildman–Crippen LogP) is 9.56. The van der Waals surface area contributed by atoms with E-state index < -0.39 is 36.7 Å². The van der Waals surface area contributed by atoms with E-state index in [1.165, 1.54) is 96.3 Å². The highest BCUT2D eigenvalue weighted by atomic mass is 16.6. The van der Waals surface area contributed by atoms with Gasteiger partial charge in [-0.3, -0.25) is 9.59 Å². The molecule has 1 rings (SSSR count). The van der Waals surface area contributed by atoms with Gasteiger partial charge in [0, 0.05) is 25.2 Å². The monoisotopic (exact) mass is 753 g/mol. The Morgan fingerprint density at radius 1 is 0.660 bits per heavy atom. The summed E-state index contributed by atoms with van der Waals surface area (Å²) in [5, 5.41) is 40.8. The summed E-state index contributed by atoms with van der Waals surface area (Å²) in [6.45, 7) is 3.99. The van der Waals surface area contributed by atoms with Crippen LogP contribution in [0, 0.1) is 5.92 Å². The molecule has 0 aromatic carbocycles. The second-order valence-corrected chi connectivity index (χ2v) is 15.3. The van der Waals surface area contributed by atoms with Gasteiger partial charge in [-0.15, -0.1) is 0 Å². The van der Waals surface area contributed by atoms with Gasteiger partial charge in [0.1, 0.15) is 19.3 Å². The SMILES string of the molecule is CCCCCCCCCCCCCCCCCCCCC(=O)OC[C@@H](O)COC(=O)CCC/C=C\C[C@H]1[C@@H](O)CC(O)O[C@@H]1/C=C/[C@@H](O)CCCCC. The Morgan fingerprint density at radius 3 is 1.66 bits per heavy atom. The summed E-state index contributed by atoms with van der Waals surface area (Å²) in [6.07, 6.45) is 32.9. The van der Waals surface area contributed by atoms with Crippen LogP contribution in [0.4, 0.5) is 0 Å². The lowest BCUT2D eigenvalue weighted by Crippen LogP contribution is -2.43. The second-order valence-electron chi connectivity index (χ2n) is 15.3. The first-order valence-electron chi connectivity index (χ1n) is 21.8. The lowest BCUT2D eigenvalue weighted by molar-refractivity contribution is -0.199. The van der Waals surface area contributed by atoms with Crippen molar-refractivity contribution in [2.75, 3.05) is 13.2 Å². The third-order valence-corrected chi connectivity index (χ3v) is 10.2. The Morgan fingerprint density at radius 2 is 1.13 bits per heavy atom. The fraction of sp³-hybridized carbons (Fsp3) is 0.864. The normalized spacial score (nSPS) is 20.3. The minimum atomic E-state index is -1.05. The van der Waals surface area contributed by atoms with E-state index >= 15 is 0 Å². The molecule has 310 valence electrons. The molecular formula is C44H80O9. The summed E-state index contributed by atoms with van der Waals surface area (Å²) in [6, 6.07) is 0. The molecular weight excluding hydrogens is 672 g/mol. The Bertz CT molecular complexity index is 923. The largest absolute Gasteiger partial charge is 0.463 e. The van der Waals surface area contributed by atoms with E-state index in [1.54, 1.807) is 12.2 Å². The van der Waals surface area contributed by atoms with Gasteiger partial charge in [0.25, 0.3) is 0 Å². The van der Waals surface area contributed by atoms with E-state index in [0.29, 0.717) is 32.1 Å². The van der Waals surface area contributed by atoms with Crippen LogP contribution in [0.25, 0.3) is 0 Å². The molecule has 0 radical (unpaired) electrons. The number of ether oxygens (including phenoxy) is 3. The fourth-order valence-electron chi connectivity index (χ4n) is 6.83. The van der Waals surface area contributed by atoms with Gasteiger partial charge in [-0.05, 0) is 32.1 Å². The maximum atomic E-state index is 12.1. The number of hydrogen-bond acceptors (Lipinski definition) is 9. The van der Waals surface area contributed by atoms with Crippen molar-refractivity contribution < 1.29 is 44.2 Å². The molecule has 0 amide bonds. The first-order chi connectivity index (χ1) is 25.8. The van der Waals surface area contributed by atoms with Gasteiger partial charge < -0.3 is 34.6 Å². The lowest BCUT2D eigenvalue weighted by atomic mass is 9.87. The number of carbonyl (C=O) groups excluding carboxylic acids is 2. The Balaban J connectivity index is 2.02. The van der Waals surface area contributed by atoms with E-state index in [4.69, 9.17) is 14.2 Å². The standard InChI is InChI=1S/C44H80O9/c1-3-5-7-8-9-10-11-12-13-14-15-16-17-18-19-20-21-26-30-42(48)51-35-38(46)36-52-43(49)31-27-23-22-25-29-39-40(47)34-44(50)53-41(39)33-32-37(45)28-24-6-4-2/h22,25,32-33,37-41,44-47,50H,3-21,23-24,26-31,34-36H2,1-2H3/b25-22-,33-32+/t37-,38+,39-,40-,41+,44?/m0/s1. The molecule has 1 saturated heterocycles. The molecule has 0 aliphatic carbocycles. The van der Waals surface area contributed by atoms with Crippen LogP contribution in [0.3, 0.4) is 0 Å². The van der Waals surface area contributed by atoms with Crippen molar-refractivity contribution in [3.05, 3.63) is 24.3 Å². The minimum Gasteiger partial charge on any atom is -0.463 e. The molecule has 0 spiro atoms. The molecule has 1 heterocycles. The molecule has 4 N–H and O–H groups in total. The zero-order valence-corrected chi connectivity index (χ0v) is 33.8. The second kappa shape index (κ2) is 34.7. The van der Waals surface area contributed by atoms with E-state index in [1.807, 2.05) is 12.2 Å². The zero-order chi connectivity index (χ0) is 38.8. The predicted molar refractivity (Wildman–Crippen MR) is 213 cm³/mol. The van der Waals surface area contributed by atoms with Crippen molar-refractivity contribution in [1.29, 1.82) is 0 Å². The van der Waals surface area contributed by atoms with Crippen LogP contribution in [-0.4, -0.2) is 76.3 Å². The molecule has 1 fully saturated rings. The Kier molecular flexibility index (Phi) is 32.2. The van der Waals surface area contributed by atoms with Gasteiger partial charge in [0.05, 0.1) is 18.3 Å². The number of rotatable bonds is 35. The van der Waals surface area contributed by atoms with Crippen LogP contribution < -0.4 is 0 Å². The Labute approximate surface area is 323 Å². The third-order valence-electron chi connectivity index (χ3n) is 10.2. The fourth-order valence-corrected chi connectivity index (χ4v) is 6.83. The quantitative estimate of drug-likeness (QED) is 0.0283. The molecule has 9 nitrogen and oxygen atoms in total. The van der Waals surface area contributed by atoms with Crippen molar-refractivity contribution in [1.82, 2.24) is 0 Å². The number of allylic oxidation sites excluding steroid dienone is 2. The van der Waals surface area contributed by atoms with Crippen molar-refractivity contribution in [2.45, 2.75) is 224 Å². The third kappa shape index (κ3) is 29.2. The summed E-state index contributed by atoms with van der Waals surface area (Å²) in [5.74, 6) is -1.00. The molecule has 53 heavy (non-hydrogen) atoms. The van der Waals surface area contributed by atoms with E-state index in [-0.39, 0.29) is 37.9 Å². The van der Waals surface area contributed by atoms with Crippen LogP contribution in [0.2, 0.25) is 0 Å².